The van der Waals surface area contributed by atoms with E-state index in [1.807, 2.05) is 18.4 Å². The van der Waals surface area contributed by atoms with Crippen LogP contribution >= 0.6 is 0 Å². The third-order valence-electron chi connectivity index (χ3n) is 4.35. The fourth-order valence-corrected chi connectivity index (χ4v) is 2.82. The molecule has 1 N–H and O–H groups in total. The minimum absolute atomic E-state index is 0.0886. The van der Waals surface area contributed by atoms with Gasteiger partial charge in [0.1, 0.15) is 6.33 Å². The summed E-state index contributed by atoms with van der Waals surface area (Å²) in [5.74, 6) is 0.784. The molecule has 0 atom stereocenters. The molecule has 0 saturated heterocycles. The summed E-state index contributed by atoms with van der Waals surface area (Å²) in [6.07, 6.45) is 10.5. The van der Waals surface area contributed by atoms with Crippen molar-refractivity contribution in [1.82, 2.24) is 19.5 Å². The van der Waals surface area contributed by atoms with Gasteiger partial charge in [0.25, 0.3) is 0 Å². The summed E-state index contributed by atoms with van der Waals surface area (Å²) in [4.78, 5) is 25.1. The Bertz CT molecular complexity index is 656. The number of amides is 1. The first-order valence-corrected chi connectivity index (χ1v) is 7.79. The van der Waals surface area contributed by atoms with Crippen molar-refractivity contribution in [2.24, 2.45) is 5.92 Å². The second kappa shape index (κ2) is 6.25. The average Bonchev–Trinajstić information content (AvgIpc) is 2.89. The lowest BCUT2D eigenvalue weighted by molar-refractivity contribution is -0.120. The van der Waals surface area contributed by atoms with Crippen LogP contribution in [0, 0.1) is 19.8 Å². The number of hydrogen-bond acceptors (Lipinski definition) is 4. The number of imidazole rings is 1. The third-order valence-corrected chi connectivity index (χ3v) is 4.35. The Morgan fingerprint density at radius 1 is 1.14 bits per heavy atom. The molecule has 1 aliphatic rings. The molecule has 2 heterocycles. The summed E-state index contributed by atoms with van der Waals surface area (Å²) in [6, 6.07) is 0. The SMILES string of the molecule is Cc1ncn(-c2ncc(NC(=O)C3CCCCC3)cn2)c1C. The summed E-state index contributed by atoms with van der Waals surface area (Å²) in [7, 11) is 0. The van der Waals surface area contributed by atoms with Crippen molar-refractivity contribution in [2.75, 3.05) is 5.32 Å². The fourth-order valence-electron chi connectivity index (χ4n) is 2.82. The summed E-state index contributed by atoms with van der Waals surface area (Å²) in [6.45, 7) is 3.93. The molecule has 1 aliphatic carbocycles. The Morgan fingerprint density at radius 2 is 1.82 bits per heavy atom. The van der Waals surface area contributed by atoms with Crippen LogP contribution < -0.4 is 5.32 Å². The van der Waals surface area contributed by atoms with Crippen LogP contribution in [0.1, 0.15) is 43.5 Å². The smallest absolute Gasteiger partial charge is 0.235 e. The minimum atomic E-state index is 0.0886. The molecule has 3 rings (SSSR count). The van der Waals surface area contributed by atoms with Gasteiger partial charge in [-0.05, 0) is 26.7 Å². The van der Waals surface area contributed by atoms with E-state index in [1.54, 1.807) is 18.7 Å². The zero-order chi connectivity index (χ0) is 15.5. The Hall–Kier alpha value is -2.24. The van der Waals surface area contributed by atoms with Crippen LogP contribution in [0.25, 0.3) is 5.95 Å². The van der Waals surface area contributed by atoms with Gasteiger partial charge in [-0.1, -0.05) is 19.3 Å². The number of hydrogen-bond donors (Lipinski definition) is 1. The lowest BCUT2D eigenvalue weighted by atomic mass is 9.89. The Kier molecular flexibility index (Phi) is 4.18. The molecule has 0 aromatic carbocycles. The van der Waals surface area contributed by atoms with E-state index in [0.29, 0.717) is 11.6 Å². The van der Waals surface area contributed by atoms with Gasteiger partial charge in [0, 0.05) is 11.6 Å². The molecule has 0 unspecified atom stereocenters. The van der Waals surface area contributed by atoms with Gasteiger partial charge in [-0.15, -0.1) is 0 Å². The number of nitrogens with zero attached hydrogens (tertiary/aromatic N) is 4. The molecular formula is C16H21N5O. The van der Waals surface area contributed by atoms with E-state index in [-0.39, 0.29) is 11.8 Å². The predicted molar refractivity (Wildman–Crippen MR) is 83.8 cm³/mol. The van der Waals surface area contributed by atoms with Gasteiger partial charge in [0.2, 0.25) is 11.9 Å². The number of anilines is 1. The monoisotopic (exact) mass is 299 g/mol. The quantitative estimate of drug-likeness (QED) is 0.946. The summed E-state index contributed by atoms with van der Waals surface area (Å²) < 4.78 is 1.84. The molecule has 2 aromatic heterocycles. The predicted octanol–water partition coefficient (Wildman–Crippen LogP) is 2.80. The van der Waals surface area contributed by atoms with E-state index in [2.05, 4.69) is 20.3 Å². The van der Waals surface area contributed by atoms with Crippen molar-refractivity contribution in [3.05, 3.63) is 30.1 Å². The van der Waals surface area contributed by atoms with Crippen molar-refractivity contribution in [3.63, 3.8) is 0 Å². The van der Waals surface area contributed by atoms with Crippen molar-refractivity contribution in [1.29, 1.82) is 0 Å². The molecule has 2 aromatic rings. The van der Waals surface area contributed by atoms with E-state index in [9.17, 15) is 4.79 Å². The molecule has 1 amide bonds. The van der Waals surface area contributed by atoms with Crippen molar-refractivity contribution in [2.45, 2.75) is 46.0 Å². The highest BCUT2D eigenvalue weighted by atomic mass is 16.1. The summed E-state index contributed by atoms with van der Waals surface area (Å²) in [5, 5.41) is 2.92. The van der Waals surface area contributed by atoms with E-state index in [0.717, 1.165) is 37.1 Å². The average molecular weight is 299 g/mol. The van der Waals surface area contributed by atoms with E-state index < -0.39 is 0 Å². The van der Waals surface area contributed by atoms with Crippen LogP contribution in [-0.2, 0) is 4.79 Å². The lowest BCUT2D eigenvalue weighted by Gasteiger charge is -2.20. The molecule has 0 aliphatic heterocycles. The molecule has 0 bridgehead atoms. The highest BCUT2D eigenvalue weighted by Crippen LogP contribution is 2.24. The molecule has 6 nitrogen and oxygen atoms in total. The number of carbonyl (C=O) groups is 1. The Morgan fingerprint density at radius 3 is 2.41 bits per heavy atom. The standard InChI is InChI=1S/C16H21N5O/c1-11-12(2)21(10-19-11)16-17-8-14(9-18-16)20-15(22)13-6-4-3-5-7-13/h8-10,13H,3-7H2,1-2H3,(H,20,22). The summed E-state index contributed by atoms with van der Waals surface area (Å²) >= 11 is 0. The van der Waals surface area contributed by atoms with Gasteiger partial charge >= 0.3 is 0 Å². The fraction of sp³-hybridized carbons (Fsp3) is 0.500. The minimum Gasteiger partial charge on any atom is -0.323 e. The van der Waals surface area contributed by atoms with Gasteiger partial charge in [-0.25, -0.2) is 15.0 Å². The van der Waals surface area contributed by atoms with E-state index in [4.69, 9.17) is 0 Å². The Labute approximate surface area is 130 Å². The van der Waals surface area contributed by atoms with Gasteiger partial charge in [-0.3, -0.25) is 9.36 Å². The summed E-state index contributed by atoms with van der Waals surface area (Å²) in [5.41, 5.74) is 2.62. The van der Waals surface area contributed by atoms with Gasteiger partial charge in [-0.2, -0.15) is 0 Å². The molecular weight excluding hydrogens is 278 g/mol. The van der Waals surface area contributed by atoms with Crippen molar-refractivity contribution >= 4 is 11.6 Å². The number of aromatic nitrogens is 4. The molecule has 22 heavy (non-hydrogen) atoms. The normalized spacial score (nSPS) is 15.7. The van der Waals surface area contributed by atoms with Crippen LogP contribution in [0.15, 0.2) is 18.7 Å². The maximum absolute atomic E-state index is 12.2. The highest BCUT2D eigenvalue weighted by molar-refractivity contribution is 5.92. The third kappa shape index (κ3) is 3.00. The highest BCUT2D eigenvalue weighted by Gasteiger charge is 2.21. The van der Waals surface area contributed by atoms with Gasteiger partial charge in [0.15, 0.2) is 0 Å². The maximum atomic E-state index is 12.2. The topological polar surface area (TPSA) is 72.7 Å². The van der Waals surface area contributed by atoms with Crippen LogP contribution in [0.5, 0.6) is 0 Å². The van der Waals surface area contributed by atoms with E-state index in [1.165, 1.54) is 6.42 Å². The largest absolute Gasteiger partial charge is 0.323 e. The number of carbonyl (C=O) groups excluding carboxylic acids is 1. The molecule has 1 saturated carbocycles. The van der Waals surface area contributed by atoms with E-state index >= 15 is 0 Å². The van der Waals surface area contributed by atoms with Crippen LogP contribution in [0.3, 0.4) is 0 Å². The molecule has 116 valence electrons. The Balaban J connectivity index is 1.69. The van der Waals surface area contributed by atoms with Crippen molar-refractivity contribution in [3.8, 4) is 5.95 Å². The first-order valence-electron chi connectivity index (χ1n) is 7.79. The number of nitrogens with one attached hydrogen (secondary N) is 1. The molecule has 1 fully saturated rings. The maximum Gasteiger partial charge on any atom is 0.235 e. The van der Waals surface area contributed by atoms with Gasteiger partial charge in [0.05, 0.1) is 23.8 Å². The zero-order valence-corrected chi connectivity index (χ0v) is 13.0. The van der Waals surface area contributed by atoms with Crippen LogP contribution in [-0.4, -0.2) is 25.4 Å². The number of rotatable bonds is 3. The molecule has 6 heteroatoms. The van der Waals surface area contributed by atoms with Gasteiger partial charge < -0.3 is 5.32 Å². The van der Waals surface area contributed by atoms with Crippen LogP contribution in [0.4, 0.5) is 5.69 Å². The van der Waals surface area contributed by atoms with Crippen molar-refractivity contribution < 1.29 is 4.79 Å². The first-order chi connectivity index (χ1) is 10.6. The zero-order valence-electron chi connectivity index (χ0n) is 13.0. The lowest BCUT2D eigenvalue weighted by Crippen LogP contribution is -2.24. The molecule has 0 radical (unpaired) electrons. The van der Waals surface area contributed by atoms with Crippen LogP contribution in [0.2, 0.25) is 0 Å². The molecule has 0 spiro atoms. The second-order valence-corrected chi connectivity index (χ2v) is 5.88. The first kappa shape index (κ1) is 14.7. The number of aryl methyl sites for hydroxylation is 1. The second-order valence-electron chi connectivity index (χ2n) is 5.88.